The summed E-state index contributed by atoms with van der Waals surface area (Å²) < 4.78 is 5.52. The van der Waals surface area contributed by atoms with Crippen LogP contribution in [-0.2, 0) is 9.53 Å². The number of hydrogen-bond acceptors (Lipinski definition) is 4. The first kappa shape index (κ1) is 13.4. The third kappa shape index (κ3) is 5.16. The monoisotopic (exact) mass is 203 g/mol. The van der Waals surface area contributed by atoms with Crippen LogP contribution >= 0.6 is 0 Å². The summed E-state index contributed by atoms with van der Waals surface area (Å²) in [5, 5.41) is 0. The lowest BCUT2D eigenvalue weighted by Crippen LogP contribution is -2.49. The van der Waals surface area contributed by atoms with E-state index in [1.165, 1.54) is 0 Å². The fourth-order valence-electron chi connectivity index (χ4n) is 0.884. The second-order valence-corrected chi connectivity index (χ2v) is 4.41. The summed E-state index contributed by atoms with van der Waals surface area (Å²) in [5.74, 6) is 4.83. The van der Waals surface area contributed by atoms with Crippen LogP contribution in [0.5, 0.6) is 0 Å². The zero-order chi connectivity index (χ0) is 11.4. The normalized spacial score (nSPS) is 14.2. The summed E-state index contributed by atoms with van der Waals surface area (Å²) in [4.78, 5) is 13.1. The molecule has 0 rings (SSSR count). The highest BCUT2D eigenvalue weighted by Gasteiger charge is 2.22. The van der Waals surface area contributed by atoms with Crippen molar-refractivity contribution in [3.05, 3.63) is 0 Å². The number of ether oxygens (including phenoxy) is 1. The lowest BCUT2D eigenvalue weighted by Gasteiger charge is -2.27. The molecule has 0 aromatic heterocycles. The molecule has 0 fully saturated rings. The quantitative estimate of drug-likeness (QED) is 0.375. The third-order valence-electron chi connectivity index (χ3n) is 1.74. The van der Waals surface area contributed by atoms with E-state index < -0.39 is 0 Å². The topological polar surface area (TPSA) is 67.6 Å². The minimum absolute atomic E-state index is 0.237. The number of nitrogens with zero attached hydrogens (tertiary/aromatic N) is 1. The van der Waals surface area contributed by atoms with Crippen LogP contribution in [0.2, 0.25) is 0 Å². The van der Waals surface area contributed by atoms with E-state index in [-0.39, 0.29) is 17.6 Å². The predicted molar refractivity (Wildman–Crippen MR) is 55.5 cm³/mol. The maximum absolute atomic E-state index is 11.3. The van der Waals surface area contributed by atoms with Crippen molar-refractivity contribution in [1.82, 2.24) is 10.3 Å². The van der Waals surface area contributed by atoms with E-state index in [2.05, 4.69) is 5.43 Å². The highest BCUT2D eigenvalue weighted by Crippen LogP contribution is 2.08. The fourth-order valence-corrected chi connectivity index (χ4v) is 0.884. The molecular weight excluding hydrogens is 182 g/mol. The van der Waals surface area contributed by atoms with E-state index in [1.807, 2.05) is 34.9 Å². The van der Waals surface area contributed by atoms with Crippen LogP contribution < -0.4 is 11.3 Å². The van der Waals surface area contributed by atoms with Gasteiger partial charge in [-0.25, -0.2) is 5.84 Å². The molecule has 0 aliphatic heterocycles. The summed E-state index contributed by atoms with van der Waals surface area (Å²) in [5.41, 5.74) is 1.88. The van der Waals surface area contributed by atoms with E-state index in [0.29, 0.717) is 6.61 Å². The Labute approximate surface area is 85.6 Å². The molecule has 0 aromatic rings. The molecule has 0 saturated carbocycles. The molecule has 0 bridgehead atoms. The number of hydrazine groups is 1. The zero-order valence-electron chi connectivity index (χ0n) is 9.63. The van der Waals surface area contributed by atoms with Gasteiger partial charge < -0.3 is 4.74 Å². The highest BCUT2D eigenvalue weighted by molar-refractivity contribution is 5.81. The van der Waals surface area contributed by atoms with Crippen LogP contribution in [0.4, 0.5) is 0 Å². The number of nitrogens with one attached hydrogen (secondary N) is 1. The highest BCUT2D eigenvalue weighted by atomic mass is 16.5. The van der Waals surface area contributed by atoms with Crippen molar-refractivity contribution in [3.8, 4) is 0 Å². The van der Waals surface area contributed by atoms with Gasteiger partial charge in [-0.05, 0) is 34.9 Å². The van der Waals surface area contributed by atoms with Crippen molar-refractivity contribution < 1.29 is 9.53 Å². The van der Waals surface area contributed by atoms with Crippen LogP contribution in [0, 0.1) is 0 Å². The van der Waals surface area contributed by atoms with Gasteiger partial charge in [-0.1, -0.05) is 0 Å². The molecule has 0 aliphatic rings. The van der Waals surface area contributed by atoms with Gasteiger partial charge in [0.2, 0.25) is 0 Å². The first-order valence-electron chi connectivity index (χ1n) is 4.59. The second-order valence-electron chi connectivity index (χ2n) is 4.41. The van der Waals surface area contributed by atoms with Crippen LogP contribution in [0.3, 0.4) is 0 Å². The zero-order valence-corrected chi connectivity index (χ0v) is 9.63. The number of nitrogens with two attached hydrogens (primary N) is 1. The van der Waals surface area contributed by atoms with Crippen molar-refractivity contribution in [1.29, 1.82) is 0 Å². The van der Waals surface area contributed by atoms with Gasteiger partial charge in [-0.2, -0.15) is 0 Å². The van der Waals surface area contributed by atoms with E-state index >= 15 is 0 Å². The maximum Gasteiger partial charge on any atom is 0.253 e. The molecule has 3 N–H and O–H groups in total. The molecule has 0 radical (unpaired) electrons. The van der Waals surface area contributed by atoms with Gasteiger partial charge in [-0.15, -0.1) is 0 Å². The first-order valence-corrected chi connectivity index (χ1v) is 4.59. The largest absolute Gasteiger partial charge is 0.374 e. The summed E-state index contributed by atoms with van der Waals surface area (Å²) in [7, 11) is 3.62. The smallest absolute Gasteiger partial charge is 0.253 e. The number of likely N-dealkylation sites (N-methyl/N-ethyl adjacent to an activating group) is 1. The second kappa shape index (κ2) is 5.29. The molecular formula is C9H21N3O2. The Balaban J connectivity index is 4.18. The average Bonchev–Trinajstić information content (AvgIpc) is 2.01. The van der Waals surface area contributed by atoms with Crippen LogP contribution in [-0.4, -0.2) is 43.2 Å². The molecule has 1 amide bonds. The molecule has 0 spiro atoms. The van der Waals surface area contributed by atoms with Crippen molar-refractivity contribution in [2.75, 3.05) is 20.7 Å². The van der Waals surface area contributed by atoms with Crippen molar-refractivity contribution >= 4 is 5.91 Å². The molecule has 0 aliphatic carbocycles. The third-order valence-corrected chi connectivity index (χ3v) is 1.74. The molecule has 0 heterocycles. The van der Waals surface area contributed by atoms with Crippen LogP contribution in [0.25, 0.3) is 0 Å². The number of amides is 1. The summed E-state index contributed by atoms with van der Waals surface area (Å²) in [6.45, 7) is 6.17. The molecule has 0 saturated heterocycles. The minimum Gasteiger partial charge on any atom is -0.374 e. The van der Waals surface area contributed by atoms with E-state index in [1.54, 1.807) is 4.90 Å². The number of carbonyl (C=O) groups is 1. The van der Waals surface area contributed by atoms with Crippen molar-refractivity contribution in [3.63, 3.8) is 0 Å². The SMILES string of the molecule is CN(C)[C@@H](COC(C)(C)C)C(=O)NN. The Morgan fingerprint density at radius 3 is 2.29 bits per heavy atom. The fraction of sp³-hybridized carbons (Fsp3) is 0.889. The van der Waals surface area contributed by atoms with E-state index in [4.69, 9.17) is 10.6 Å². The lowest BCUT2D eigenvalue weighted by molar-refractivity contribution is -0.130. The average molecular weight is 203 g/mol. The summed E-state index contributed by atoms with van der Waals surface area (Å²) >= 11 is 0. The summed E-state index contributed by atoms with van der Waals surface area (Å²) in [6.07, 6.45) is 0. The molecule has 84 valence electrons. The van der Waals surface area contributed by atoms with E-state index in [9.17, 15) is 4.79 Å². The van der Waals surface area contributed by atoms with Gasteiger partial charge in [0.15, 0.2) is 0 Å². The van der Waals surface area contributed by atoms with Gasteiger partial charge in [0.1, 0.15) is 6.04 Å². The molecule has 1 atom stereocenters. The van der Waals surface area contributed by atoms with Crippen LogP contribution in [0.15, 0.2) is 0 Å². The number of rotatable bonds is 4. The van der Waals surface area contributed by atoms with E-state index in [0.717, 1.165) is 0 Å². The Hall–Kier alpha value is -0.650. The molecule has 14 heavy (non-hydrogen) atoms. The first-order chi connectivity index (χ1) is 6.28. The molecule has 0 unspecified atom stereocenters. The standard InChI is InChI=1S/C9H21N3O2/c1-9(2,3)14-6-7(12(4)5)8(13)11-10/h7H,6,10H2,1-5H3,(H,11,13)/t7-/m0/s1. The van der Waals surface area contributed by atoms with Gasteiger partial charge >= 0.3 is 0 Å². The Morgan fingerprint density at radius 2 is 2.00 bits per heavy atom. The maximum atomic E-state index is 11.3. The predicted octanol–water partition coefficient (Wildman–Crippen LogP) is -0.278. The van der Waals surface area contributed by atoms with Gasteiger partial charge in [0.05, 0.1) is 12.2 Å². The molecule has 5 nitrogen and oxygen atoms in total. The van der Waals surface area contributed by atoms with Crippen molar-refractivity contribution in [2.45, 2.75) is 32.4 Å². The lowest BCUT2D eigenvalue weighted by atomic mass is 10.2. The molecule has 5 heteroatoms. The van der Waals surface area contributed by atoms with Gasteiger partial charge in [0.25, 0.3) is 5.91 Å². The number of hydrogen-bond donors (Lipinski definition) is 2. The Kier molecular flexibility index (Phi) is 5.04. The van der Waals surface area contributed by atoms with Crippen LogP contribution in [0.1, 0.15) is 20.8 Å². The Morgan fingerprint density at radius 1 is 1.50 bits per heavy atom. The summed E-state index contributed by atoms with van der Waals surface area (Å²) in [6, 6.07) is -0.348. The van der Waals surface area contributed by atoms with Gasteiger partial charge in [0, 0.05) is 0 Å². The minimum atomic E-state index is -0.348. The van der Waals surface area contributed by atoms with Gasteiger partial charge in [-0.3, -0.25) is 15.1 Å². The van der Waals surface area contributed by atoms with Crippen molar-refractivity contribution in [2.24, 2.45) is 5.84 Å². The molecule has 0 aromatic carbocycles. The Bertz CT molecular complexity index is 187. The number of carbonyl (C=O) groups excluding carboxylic acids is 1.